The van der Waals surface area contributed by atoms with Gasteiger partial charge in [-0.2, -0.15) is 0 Å². The molecule has 0 heterocycles. The molecule has 0 aliphatic carbocycles. The molecule has 70 valence electrons. The Morgan fingerprint density at radius 3 is 2.31 bits per heavy atom. The van der Waals surface area contributed by atoms with E-state index in [0.717, 1.165) is 5.56 Å². The minimum Gasteiger partial charge on any atom is -0.368 e. The van der Waals surface area contributed by atoms with Crippen LogP contribution < -0.4 is 11.5 Å². The highest BCUT2D eigenvalue weighted by Gasteiger charge is 2.18. The van der Waals surface area contributed by atoms with Crippen LogP contribution in [0.3, 0.4) is 0 Å². The summed E-state index contributed by atoms with van der Waals surface area (Å²) in [7, 11) is 0. The predicted octanol–water partition coefficient (Wildman–Crippen LogP) is 0.603. The van der Waals surface area contributed by atoms with Crippen LogP contribution in [-0.4, -0.2) is 11.9 Å². The van der Waals surface area contributed by atoms with Crippen molar-refractivity contribution in [3.8, 4) is 0 Å². The van der Waals surface area contributed by atoms with Gasteiger partial charge in [0.25, 0.3) is 0 Å². The zero-order chi connectivity index (χ0) is 9.84. The van der Waals surface area contributed by atoms with E-state index in [1.165, 1.54) is 0 Å². The maximum Gasteiger partial charge on any atom is 0.234 e. The van der Waals surface area contributed by atoms with Gasteiger partial charge < -0.3 is 11.5 Å². The van der Waals surface area contributed by atoms with Crippen LogP contribution in [0.1, 0.15) is 18.4 Å². The largest absolute Gasteiger partial charge is 0.368 e. The molecule has 0 spiro atoms. The molecular formula is C10H14N2O. The van der Waals surface area contributed by atoms with Crippen molar-refractivity contribution < 1.29 is 4.79 Å². The Bertz CT molecular complexity index is 284. The van der Waals surface area contributed by atoms with Crippen molar-refractivity contribution in [2.45, 2.75) is 18.9 Å². The number of benzene rings is 1. The van der Waals surface area contributed by atoms with Gasteiger partial charge in [-0.1, -0.05) is 37.3 Å². The van der Waals surface area contributed by atoms with E-state index in [4.69, 9.17) is 11.5 Å². The summed E-state index contributed by atoms with van der Waals surface area (Å²) in [6.45, 7) is 1.89. The number of rotatable bonds is 3. The summed E-state index contributed by atoms with van der Waals surface area (Å²) in [5, 5.41) is 0. The predicted molar refractivity (Wildman–Crippen MR) is 52.0 cm³/mol. The lowest BCUT2D eigenvalue weighted by molar-refractivity contribution is -0.119. The second kappa shape index (κ2) is 4.05. The molecule has 0 bridgehead atoms. The van der Waals surface area contributed by atoms with Gasteiger partial charge >= 0.3 is 0 Å². The first-order valence-electron chi connectivity index (χ1n) is 4.22. The lowest BCUT2D eigenvalue weighted by atomic mass is 9.94. The van der Waals surface area contributed by atoms with Crippen molar-refractivity contribution >= 4 is 5.91 Å². The molecule has 0 fully saturated rings. The van der Waals surface area contributed by atoms with E-state index in [9.17, 15) is 4.79 Å². The molecule has 0 aliphatic rings. The van der Waals surface area contributed by atoms with Gasteiger partial charge in [-0.3, -0.25) is 4.79 Å². The highest BCUT2D eigenvalue weighted by Crippen LogP contribution is 2.16. The average Bonchev–Trinajstić information content (AvgIpc) is 2.17. The molecule has 0 saturated carbocycles. The van der Waals surface area contributed by atoms with Gasteiger partial charge in [0.15, 0.2) is 0 Å². The summed E-state index contributed by atoms with van der Waals surface area (Å²) in [5.41, 5.74) is 11.8. The maximum atomic E-state index is 10.8. The summed E-state index contributed by atoms with van der Waals surface area (Å²) in [6.07, 6.45) is 0. The third-order valence-electron chi connectivity index (χ3n) is 2.19. The Kier molecular flexibility index (Phi) is 3.03. The number of primary amides is 1. The monoisotopic (exact) mass is 178 g/mol. The van der Waals surface area contributed by atoms with Crippen molar-refractivity contribution in [3.63, 3.8) is 0 Å². The zero-order valence-electron chi connectivity index (χ0n) is 7.60. The van der Waals surface area contributed by atoms with Gasteiger partial charge in [0, 0.05) is 5.92 Å². The van der Waals surface area contributed by atoms with Crippen LogP contribution >= 0.6 is 0 Å². The van der Waals surface area contributed by atoms with Gasteiger partial charge in [-0.25, -0.2) is 0 Å². The molecule has 1 rings (SSSR count). The Hall–Kier alpha value is -1.35. The first kappa shape index (κ1) is 9.74. The molecule has 13 heavy (non-hydrogen) atoms. The molecule has 0 aliphatic heterocycles. The molecule has 2 atom stereocenters. The molecule has 0 saturated heterocycles. The third kappa shape index (κ3) is 2.29. The van der Waals surface area contributed by atoms with Gasteiger partial charge in [0.05, 0.1) is 6.04 Å². The molecule has 1 aromatic rings. The lowest BCUT2D eigenvalue weighted by Gasteiger charge is -2.16. The zero-order valence-corrected chi connectivity index (χ0v) is 7.60. The molecule has 0 unspecified atom stereocenters. The maximum absolute atomic E-state index is 10.8. The van der Waals surface area contributed by atoms with Crippen molar-refractivity contribution in [3.05, 3.63) is 35.9 Å². The third-order valence-corrected chi connectivity index (χ3v) is 2.19. The van der Waals surface area contributed by atoms with Gasteiger partial charge in [-0.05, 0) is 5.56 Å². The van der Waals surface area contributed by atoms with Gasteiger partial charge in [-0.15, -0.1) is 0 Å². The minimum absolute atomic E-state index is 0.0290. The van der Waals surface area contributed by atoms with Crippen LogP contribution in [0.2, 0.25) is 0 Å². The Morgan fingerprint density at radius 1 is 1.31 bits per heavy atom. The Balaban J connectivity index is 2.79. The van der Waals surface area contributed by atoms with E-state index in [1.54, 1.807) is 0 Å². The molecule has 0 radical (unpaired) electrons. The average molecular weight is 178 g/mol. The van der Waals surface area contributed by atoms with Crippen molar-refractivity contribution in [2.24, 2.45) is 11.5 Å². The Labute approximate surface area is 77.7 Å². The van der Waals surface area contributed by atoms with E-state index >= 15 is 0 Å². The highest BCUT2D eigenvalue weighted by molar-refractivity contribution is 5.80. The van der Waals surface area contributed by atoms with Crippen molar-refractivity contribution in [2.75, 3.05) is 0 Å². The van der Waals surface area contributed by atoms with E-state index in [2.05, 4.69) is 0 Å². The molecule has 1 amide bonds. The van der Waals surface area contributed by atoms with E-state index in [0.29, 0.717) is 0 Å². The summed E-state index contributed by atoms with van der Waals surface area (Å²) in [6, 6.07) is 9.02. The highest BCUT2D eigenvalue weighted by atomic mass is 16.1. The topological polar surface area (TPSA) is 69.1 Å². The van der Waals surface area contributed by atoms with E-state index in [-0.39, 0.29) is 5.92 Å². The van der Waals surface area contributed by atoms with Crippen LogP contribution in [0.4, 0.5) is 0 Å². The minimum atomic E-state index is -0.609. The molecule has 3 heteroatoms. The molecule has 1 aromatic carbocycles. The van der Waals surface area contributed by atoms with Crippen molar-refractivity contribution in [1.82, 2.24) is 0 Å². The summed E-state index contributed by atoms with van der Waals surface area (Å²) >= 11 is 0. The van der Waals surface area contributed by atoms with E-state index < -0.39 is 11.9 Å². The Morgan fingerprint density at radius 2 is 1.85 bits per heavy atom. The molecule has 4 N–H and O–H groups in total. The lowest BCUT2D eigenvalue weighted by Crippen LogP contribution is -2.40. The quantitative estimate of drug-likeness (QED) is 0.711. The number of nitrogens with two attached hydrogens (primary N) is 2. The SMILES string of the molecule is C[C@@H](c1ccccc1)[C@H](N)C(N)=O. The fourth-order valence-corrected chi connectivity index (χ4v) is 1.21. The van der Waals surface area contributed by atoms with Crippen molar-refractivity contribution in [1.29, 1.82) is 0 Å². The first-order valence-corrected chi connectivity index (χ1v) is 4.22. The number of hydrogen-bond donors (Lipinski definition) is 2. The van der Waals surface area contributed by atoms with E-state index in [1.807, 2.05) is 37.3 Å². The molecular weight excluding hydrogens is 164 g/mol. The first-order chi connectivity index (χ1) is 6.13. The second-order valence-electron chi connectivity index (χ2n) is 3.13. The number of hydrogen-bond acceptors (Lipinski definition) is 2. The van der Waals surface area contributed by atoms with Crippen LogP contribution in [0.15, 0.2) is 30.3 Å². The number of amides is 1. The normalized spacial score (nSPS) is 14.9. The van der Waals surface area contributed by atoms with Crippen LogP contribution in [0, 0.1) is 0 Å². The molecule has 3 nitrogen and oxygen atoms in total. The number of carbonyl (C=O) groups excluding carboxylic acids is 1. The fourth-order valence-electron chi connectivity index (χ4n) is 1.21. The fraction of sp³-hybridized carbons (Fsp3) is 0.300. The summed E-state index contributed by atoms with van der Waals surface area (Å²) in [4.78, 5) is 10.8. The molecule has 0 aromatic heterocycles. The van der Waals surface area contributed by atoms with Gasteiger partial charge in [0.2, 0.25) is 5.91 Å². The smallest absolute Gasteiger partial charge is 0.234 e. The van der Waals surface area contributed by atoms with Gasteiger partial charge in [0.1, 0.15) is 0 Å². The standard InChI is InChI=1S/C10H14N2O/c1-7(9(11)10(12)13)8-5-3-2-4-6-8/h2-7,9H,11H2,1H3,(H2,12,13)/t7-,9-/m0/s1. The number of carbonyl (C=O) groups is 1. The summed E-state index contributed by atoms with van der Waals surface area (Å²) in [5.74, 6) is -0.491. The summed E-state index contributed by atoms with van der Waals surface area (Å²) < 4.78 is 0. The van der Waals surface area contributed by atoms with Crippen LogP contribution in [0.5, 0.6) is 0 Å². The second-order valence-corrected chi connectivity index (χ2v) is 3.13. The van der Waals surface area contributed by atoms with Crippen LogP contribution in [0.25, 0.3) is 0 Å². The van der Waals surface area contributed by atoms with Crippen LogP contribution in [-0.2, 0) is 4.79 Å².